The van der Waals surface area contributed by atoms with Crippen LogP contribution in [0.2, 0.25) is 0 Å². The molecule has 3 aromatic rings. The summed E-state index contributed by atoms with van der Waals surface area (Å²) < 4.78 is 0. The zero-order valence-electron chi connectivity index (χ0n) is 23.7. The number of thioether (sulfide) groups is 1. The van der Waals surface area contributed by atoms with Gasteiger partial charge in [0.2, 0.25) is 0 Å². The van der Waals surface area contributed by atoms with E-state index in [1.54, 1.807) is 18.2 Å². The minimum atomic E-state index is -1.18. The van der Waals surface area contributed by atoms with Crippen LogP contribution in [-0.4, -0.2) is 35.4 Å². The smallest absolute Gasteiger partial charge is 0.339 e. The van der Waals surface area contributed by atoms with E-state index in [-0.39, 0.29) is 22.1 Å². The molecule has 1 atom stereocenters. The van der Waals surface area contributed by atoms with E-state index in [1.165, 1.54) is 39.4 Å². The standard InChI is InChI=1S/C33H39NO4S/c1-32(2)15-16-33(3,4)30-26(32)18-23(19-29(30)39-20-22-7-11-24(12-8-22)34(5)6)27(35)14-10-21-9-13-25(31(37)38)28(36)17-21/h7-14,17-19,27,35-36H,15-16,20H2,1-6H3,(H,37,38)/b14-10+. The molecule has 0 amide bonds. The first-order valence-electron chi connectivity index (χ1n) is 13.3. The number of carbonyl (C=O) groups is 1. The highest BCUT2D eigenvalue weighted by Crippen LogP contribution is 2.50. The number of hydrogen-bond acceptors (Lipinski definition) is 5. The van der Waals surface area contributed by atoms with Crippen molar-refractivity contribution in [2.24, 2.45) is 0 Å². The van der Waals surface area contributed by atoms with Crippen molar-refractivity contribution >= 4 is 29.5 Å². The SMILES string of the molecule is CN(C)c1ccc(CSc2cc(C(O)/C=C/c3ccc(C(=O)O)c(O)c3)cc3c2C(C)(C)CCC3(C)C)cc1. The second-order valence-corrected chi connectivity index (χ2v) is 13.0. The molecule has 0 fully saturated rings. The number of benzene rings is 3. The highest BCUT2D eigenvalue weighted by Gasteiger charge is 2.39. The molecule has 4 rings (SSSR count). The molecule has 3 N–H and O–H groups in total. The van der Waals surface area contributed by atoms with Crippen LogP contribution in [0.15, 0.2) is 65.6 Å². The van der Waals surface area contributed by atoms with Gasteiger partial charge in [0.25, 0.3) is 0 Å². The Morgan fingerprint density at radius 2 is 1.67 bits per heavy atom. The van der Waals surface area contributed by atoms with Gasteiger partial charge in [-0.1, -0.05) is 64.1 Å². The molecule has 0 saturated heterocycles. The van der Waals surface area contributed by atoms with E-state index >= 15 is 0 Å². The van der Waals surface area contributed by atoms with Gasteiger partial charge in [-0.25, -0.2) is 4.79 Å². The summed E-state index contributed by atoms with van der Waals surface area (Å²) >= 11 is 1.82. The second kappa shape index (κ2) is 11.1. The van der Waals surface area contributed by atoms with Crippen LogP contribution < -0.4 is 4.90 Å². The number of carboxylic acids is 1. The number of aliphatic hydroxyl groups is 1. The fourth-order valence-electron chi connectivity index (χ4n) is 5.24. The van der Waals surface area contributed by atoms with Gasteiger partial charge in [-0.2, -0.15) is 0 Å². The first kappa shape index (κ1) is 28.8. The number of fused-ring (bicyclic) bond motifs is 1. The normalized spacial score (nSPS) is 16.6. The van der Waals surface area contributed by atoms with Crippen molar-refractivity contribution in [3.05, 3.63) is 94.1 Å². The third kappa shape index (κ3) is 6.34. The van der Waals surface area contributed by atoms with E-state index in [0.29, 0.717) is 5.56 Å². The zero-order chi connectivity index (χ0) is 28.5. The van der Waals surface area contributed by atoms with Crippen LogP contribution in [0, 0.1) is 0 Å². The molecule has 6 heteroatoms. The van der Waals surface area contributed by atoms with Crippen LogP contribution in [-0.2, 0) is 16.6 Å². The van der Waals surface area contributed by atoms with Crippen LogP contribution in [0.3, 0.4) is 0 Å². The maximum atomic E-state index is 11.2. The predicted octanol–water partition coefficient (Wildman–Crippen LogP) is 7.54. The second-order valence-electron chi connectivity index (χ2n) is 11.9. The van der Waals surface area contributed by atoms with Crippen LogP contribution in [0.1, 0.15) is 84.8 Å². The number of anilines is 1. The first-order valence-corrected chi connectivity index (χ1v) is 14.3. The lowest BCUT2D eigenvalue weighted by Gasteiger charge is -2.43. The Bertz CT molecular complexity index is 1390. The molecule has 3 aromatic carbocycles. The fraction of sp³-hybridized carbons (Fsp3) is 0.364. The van der Waals surface area contributed by atoms with E-state index in [4.69, 9.17) is 5.11 Å². The third-order valence-electron chi connectivity index (χ3n) is 7.82. The Balaban J connectivity index is 1.68. The number of hydrogen-bond donors (Lipinski definition) is 3. The number of rotatable bonds is 8. The molecule has 1 unspecified atom stereocenters. The van der Waals surface area contributed by atoms with Crippen molar-refractivity contribution in [1.29, 1.82) is 0 Å². The van der Waals surface area contributed by atoms with Crippen LogP contribution in [0.25, 0.3) is 6.08 Å². The lowest BCUT2D eigenvalue weighted by Crippen LogP contribution is -2.34. The molecule has 0 bridgehead atoms. The van der Waals surface area contributed by atoms with E-state index < -0.39 is 12.1 Å². The van der Waals surface area contributed by atoms with Gasteiger partial charge in [0.15, 0.2) is 0 Å². The lowest BCUT2D eigenvalue weighted by molar-refractivity contribution is 0.0693. The minimum absolute atomic E-state index is 0.00851. The molecule has 0 aliphatic heterocycles. The topological polar surface area (TPSA) is 81.0 Å². The summed E-state index contributed by atoms with van der Waals surface area (Å²) in [6.07, 6.45) is 4.73. The van der Waals surface area contributed by atoms with E-state index in [2.05, 4.69) is 69.0 Å². The molecule has 39 heavy (non-hydrogen) atoms. The van der Waals surface area contributed by atoms with Gasteiger partial charge in [0, 0.05) is 30.4 Å². The maximum Gasteiger partial charge on any atom is 0.339 e. The molecule has 1 aliphatic carbocycles. The largest absolute Gasteiger partial charge is 0.507 e. The number of nitrogens with zero attached hydrogens (tertiary/aromatic N) is 1. The Morgan fingerprint density at radius 3 is 2.28 bits per heavy atom. The summed E-state index contributed by atoms with van der Waals surface area (Å²) in [6, 6.07) is 17.3. The first-order chi connectivity index (χ1) is 18.3. The zero-order valence-corrected chi connectivity index (χ0v) is 24.5. The van der Waals surface area contributed by atoms with Crippen LogP contribution >= 0.6 is 11.8 Å². The van der Waals surface area contributed by atoms with Crippen molar-refractivity contribution in [2.75, 3.05) is 19.0 Å². The highest BCUT2D eigenvalue weighted by atomic mass is 32.2. The number of phenols is 1. The number of aromatic hydroxyl groups is 1. The van der Waals surface area contributed by atoms with Gasteiger partial charge in [-0.05, 0) is 81.8 Å². The molecule has 0 saturated carbocycles. The monoisotopic (exact) mass is 545 g/mol. The average Bonchev–Trinajstić information content (AvgIpc) is 2.88. The molecule has 206 valence electrons. The fourth-order valence-corrected chi connectivity index (χ4v) is 6.50. The number of aromatic carboxylic acids is 1. The Labute approximate surface area is 236 Å². The van der Waals surface area contributed by atoms with Gasteiger partial charge in [-0.3, -0.25) is 0 Å². The van der Waals surface area contributed by atoms with Crippen molar-refractivity contribution in [1.82, 2.24) is 0 Å². The quantitative estimate of drug-likeness (QED) is 0.254. The van der Waals surface area contributed by atoms with Gasteiger partial charge >= 0.3 is 5.97 Å². The van der Waals surface area contributed by atoms with Crippen LogP contribution in [0.5, 0.6) is 5.75 Å². The van der Waals surface area contributed by atoms with E-state index in [9.17, 15) is 15.0 Å². The van der Waals surface area contributed by atoms with Crippen LogP contribution in [0.4, 0.5) is 5.69 Å². The predicted molar refractivity (Wildman–Crippen MR) is 161 cm³/mol. The van der Waals surface area contributed by atoms with Crippen molar-refractivity contribution in [3.8, 4) is 5.75 Å². The Kier molecular flexibility index (Phi) is 8.20. The van der Waals surface area contributed by atoms with Gasteiger partial charge in [0.05, 0.1) is 6.10 Å². The summed E-state index contributed by atoms with van der Waals surface area (Å²) in [7, 11) is 4.08. The average molecular weight is 546 g/mol. The van der Waals surface area contributed by atoms with Gasteiger partial charge in [0.1, 0.15) is 11.3 Å². The van der Waals surface area contributed by atoms with Crippen molar-refractivity contribution in [3.63, 3.8) is 0 Å². The third-order valence-corrected chi connectivity index (χ3v) is 8.93. The van der Waals surface area contributed by atoms with Gasteiger partial charge in [-0.15, -0.1) is 11.8 Å². The lowest BCUT2D eigenvalue weighted by atomic mass is 9.63. The summed E-state index contributed by atoms with van der Waals surface area (Å²) in [5, 5.41) is 30.4. The number of aliphatic hydroxyl groups excluding tert-OH is 1. The van der Waals surface area contributed by atoms with E-state index in [1.807, 2.05) is 25.9 Å². The molecular formula is C33H39NO4S. The van der Waals surface area contributed by atoms with Gasteiger partial charge < -0.3 is 20.2 Å². The highest BCUT2D eigenvalue weighted by molar-refractivity contribution is 7.98. The number of carboxylic acid groups (broad SMARTS) is 1. The van der Waals surface area contributed by atoms with Crippen molar-refractivity contribution in [2.45, 2.75) is 68.1 Å². The molecule has 5 nitrogen and oxygen atoms in total. The molecule has 0 aromatic heterocycles. The van der Waals surface area contributed by atoms with Crippen molar-refractivity contribution < 1.29 is 20.1 Å². The summed E-state index contributed by atoms with van der Waals surface area (Å²) in [5.41, 5.74) is 6.41. The summed E-state index contributed by atoms with van der Waals surface area (Å²) in [6.45, 7) is 9.21. The summed E-state index contributed by atoms with van der Waals surface area (Å²) in [5.74, 6) is -0.642. The molecule has 1 aliphatic rings. The molecule has 0 heterocycles. The molecule has 0 spiro atoms. The van der Waals surface area contributed by atoms with E-state index in [0.717, 1.165) is 24.2 Å². The Morgan fingerprint density at radius 1 is 1.00 bits per heavy atom. The summed E-state index contributed by atoms with van der Waals surface area (Å²) in [4.78, 5) is 14.5. The Hall–Kier alpha value is -3.22. The molecule has 0 radical (unpaired) electrons. The maximum absolute atomic E-state index is 11.2. The molecular weight excluding hydrogens is 506 g/mol. The minimum Gasteiger partial charge on any atom is -0.507 e.